The summed E-state index contributed by atoms with van der Waals surface area (Å²) in [7, 11) is 1.61. The second-order valence-electron chi connectivity index (χ2n) is 9.41. The summed E-state index contributed by atoms with van der Waals surface area (Å²) in [5, 5.41) is 3.15. The van der Waals surface area contributed by atoms with Crippen LogP contribution in [0.4, 0.5) is 0 Å². The molecule has 1 fully saturated rings. The van der Waals surface area contributed by atoms with Gasteiger partial charge in [-0.3, -0.25) is 9.59 Å². The van der Waals surface area contributed by atoms with Gasteiger partial charge in [-0.15, -0.1) is 0 Å². The van der Waals surface area contributed by atoms with Gasteiger partial charge in [0, 0.05) is 12.6 Å². The fourth-order valence-corrected chi connectivity index (χ4v) is 4.30. The van der Waals surface area contributed by atoms with Crippen molar-refractivity contribution in [1.82, 2.24) is 10.2 Å². The van der Waals surface area contributed by atoms with E-state index < -0.39 is 6.04 Å². The zero-order valence-electron chi connectivity index (χ0n) is 20.9. The van der Waals surface area contributed by atoms with Gasteiger partial charge in [-0.2, -0.15) is 0 Å². The van der Waals surface area contributed by atoms with Gasteiger partial charge in [-0.1, -0.05) is 57.4 Å². The molecule has 0 spiro atoms. The van der Waals surface area contributed by atoms with E-state index in [1.165, 1.54) is 12.0 Å². The van der Waals surface area contributed by atoms with E-state index in [1.807, 2.05) is 48.5 Å². The molecule has 2 amide bonds. The average molecular weight is 467 g/mol. The van der Waals surface area contributed by atoms with Crippen LogP contribution in [0.5, 0.6) is 11.5 Å². The molecule has 0 radical (unpaired) electrons. The molecule has 184 valence electrons. The molecule has 1 N–H and O–H groups in total. The summed E-state index contributed by atoms with van der Waals surface area (Å²) in [6.45, 7) is 6.22. The molecule has 1 saturated carbocycles. The van der Waals surface area contributed by atoms with Gasteiger partial charge in [0.2, 0.25) is 5.91 Å². The summed E-state index contributed by atoms with van der Waals surface area (Å²) in [5.41, 5.74) is 2.11. The number of ether oxygens (including phenoxy) is 2. The molecule has 0 bridgehead atoms. The first kappa shape index (κ1) is 25.6. The van der Waals surface area contributed by atoms with E-state index in [9.17, 15) is 9.59 Å². The van der Waals surface area contributed by atoms with E-state index in [0.717, 1.165) is 31.2 Å². The summed E-state index contributed by atoms with van der Waals surface area (Å²) in [5.74, 6) is 1.42. The van der Waals surface area contributed by atoms with E-state index in [-0.39, 0.29) is 24.5 Å². The highest BCUT2D eigenvalue weighted by Crippen LogP contribution is 2.21. The predicted molar refractivity (Wildman–Crippen MR) is 134 cm³/mol. The molecule has 0 heterocycles. The maximum Gasteiger partial charge on any atom is 0.261 e. The molecule has 1 atom stereocenters. The lowest BCUT2D eigenvalue weighted by Gasteiger charge is -2.31. The van der Waals surface area contributed by atoms with E-state index in [2.05, 4.69) is 19.2 Å². The van der Waals surface area contributed by atoms with Gasteiger partial charge in [-0.05, 0) is 61.1 Å². The Kier molecular flexibility index (Phi) is 9.37. The monoisotopic (exact) mass is 466 g/mol. The molecule has 2 aromatic rings. The number of benzene rings is 2. The van der Waals surface area contributed by atoms with E-state index in [4.69, 9.17) is 9.47 Å². The lowest BCUT2D eigenvalue weighted by molar-refractivity contribution is -0.142. The van der Waals surface area contributed by atoms with Crippen LogP contribution in [0.3, 0.4) is 0 Å². The van der Waals surface area contributed by atoms with Crippen LogP contribution in [-0.4, -0.2) is 42.5 Å². The Hall–Kier alpha value is -3.02. The minimum Gasteiger partial charge on any atom is -0.497 e. The summed E-state index contributed by atoms with van der Waals surface area (Å²) in [6, 6.07) is 14.9. The van der Waals surface area contributed by atoms with Crippen molar-refractivity contribution in [1.29, 1.82) is 0 Å². The standard InChI is InChI=1S/C28H38N2O4/c1-20(2)23-13-15-25(16-14-23)34-19-27(31)30(18-22-9-8-12-26(17-22)33-4)21(3)28(32)29-24-10-6-5-7-11-24/h8-9,12-17,20-21,24H,5-7,10-11,18-19H2,1-4H3,(H,29,32)/t21-/m0/s1. The second kappa shape index (κ2) is 12.4. The molecule has 0 aliphatic heterocycles. The van der Waals surface area contributed by atoms with Crippen LogP contribution >= 0.6 is 0 Å². The molecular formula is C28H38N2O4. The number of nitrogens with one attached hydrogen (secondary N) is 1. The van der Waals surface area contributed by atoms with Crippen molar-refractivity contribution in [2.24, 2.45) is 0 Å². The number of carbonyl (C=O) groups is 2. The highest BCUT2D eigenvalue weighted by molar-refractivity contribution is 5.88. The molecule has 2 aromatic carbocycles. The van der Waals surface area contributed by atoms with Gasteiger partial charge in [0.15, 0.2) is 6.61 Å². The molecule has 3 rings (SSSR count). The van der Waals surface area contributed by atoms with Crippen molar-refractivity contribution in [3.05, 3.63) is 59.7 Å². The van der Waals surface area contributed by atoms with Crippen molar-refractivity contribution in [2.75, 3.05) is 13.7 Å². The highest BCUT2D eigenvalue weighted by atomic mass is 16.5. The maximum absolute atomic E-state index is 13.3. The van der Waals surface area contributed by atoms with E-state index in [0.29, 0.717) is 24.0 Å². The van der Waals surface area contributed by atoms with E-state index >= 15 is 0 Å². The number of methoxy groups -OCH3 is 1. The minimum atomic E-state index is -0.618. The van der Waals surface area contributed by atoms with Crippen molar-refractivity contribution in [3.8, 4) is 11.5 Å². The first-order valence-corrected chi connectivity index (χ1v) is 12.3. The Balaban J connectivity index is 1.70. The molecule has 0 saturated heterocycles. The van der Waals surface area contributed by atoms with Crippen LogP contribution in [0.1, 0.15) is 69.9 Å². The average Bonchev–Trinajstić information content (AvgIpc) is 2.86. The smallest absolute Gasteiger partial charge is 0.261 e. The minimum absolute atomic E-state index is 0.121. The Bertz CT molecular complexity index is 936. The van der Waals surface area contributed by atoms with E-state index in [1.54, 1.807) is 18.9 Å². The van der Waals surface area contributed by atoms with Gasteiger partial charge in [0.25, 0.3) is 5.91 Å². The van der Waals surface area contributed by atoms with Gasteiger partial charge >= 0.3 is 0 Å². The SMILES string of the molecule is COc1cccc(CN(C(=O)COc2ccc(C(C)C)cc2)[C@@H](C)C(=O)NC2CCCCC2)c1. The summed E-state index contributed by atoms with van der Waals surface area (Å²) in [4.78, 5) is 27.9. The number of hydrogen-bond donors (Lipinski definition) is 1. The van der Waals surface area contributed by atoms with Gasteiger partial charge < -0.3 is 19.7 Å². The zero-order valence-corrected chi connectivity index (χ0v) is 20.9. The van der Waals surface area contributed by atoms with Crippen molar-refractivity contribution in [2.45, 2.75) is 77.4 Å². The fraction of sp³-hybridized carbons (Fsp3) is 0.500. The third-order valence-electron chi connectivity index (χ3n) is 6.51. The zero-order chi connectivity index (χ0) is 24.5. The van der Waals surface area contributed by atoms with Gasteiger partial charge in [0.05, 0.1) is 7.11 Å². The van der Waals surface area contributed by atoms with Crippen LogP contribution in [0, 0.1) is 0 Å². The Morgan fingerprint density at radius 1 is 1.00 bits per heavy atom. The number of rotatable bonds is 10. The number of hydrogen-bond acceptors (Lipinski definition) is 4. The van der Waals surface area contributed by atoms with Crippen molar-refractivity contribution in [3.63, 3.8) is 0 Å². The Morgan fingerprint density at radius 3 is 2.35 bits per heavy atom. The molecule has 6 nitrogen and oxygen atoms in total. The predicted octanol–water partition coefficient (Wildman–Crippen LogP) is 5.06. The maximum atomic E-state index is 13.3. The highest BCUT2D eigenvalue weighted by Gasteiger charge is 2.28. The first-order chi connectivity index (χ1) is 16.4. The summed E-state index contributed by atoms with van der Waals surface area (Å²) < 4.78 is 11.1. The first-order valence-electron chi connectivity index (χ1n) is 12.3. The van der Waals surface area contributed by atoms with Crippen LogP contribution in [-0.2, 0) is 16.1 Å². The molecule has 0 aromatic heterocycles. The van der Waals surface area contributed by atoms with Crippen molar-refractivity contribution >= 4 is 11.8 Å². The van der Waals surface area contributed by atoms with Crippen LogP contribution in [0.2, 0.25) is 0 Å². The quantitative estimate of drug-likeness (QED) is 0.531. The van der Waals surface area contributed by atoms with Gasteiger partial charge in [0.1, 0.15) is 17.5 Å². The number of amides is 2. The lowest BCUT2D eigenvalue weighted by atomic mass is 9.95. The van der Waals surface area contributed by atoms with Gasteiger partial charge in [-0.25, -0.2) is 0 Å². The molecule has 34 heavy (non-hydrogen) atoms. The Morgan fingerprint density at radius 2 is 1.71 bits per heavy atom. The molecule has 1 aliphatic rings. The lowest BCUT2D eigenvalue weighted by Crippen LogP contribution is -2.51. The van der Waals surface area contributed by atoms with Crippen molar-refractivity contribution < 1.29 is 19.1 Å². The van der Waals surface area contributed by atoms with Crippen LogP contribution < -0.4 is 14.8 Å². The summed E-state index contributed by atoms with van der Waals surface area (Å²) >= 11 is 0. The third kappa shape index (κ3) is 7.24. The van der Waals surface area contributed by atoms with Crippen LogP contribution in [0.15, 0.2) is 48.5 Å². The Labute approximate surface area is 203 Å². The normalized spacial score (nSPS) is 15.0. The number of carbonyl (C=O) groups excluding carboxylic acids is 2. The molecule has 1 aliphatic carbocycles. The molecule has 6 heteroatoms. The topological polar surface area (TPSA) is 67.9 Å². The fourth-order valence-electron chi connectivity index (χ4n) is 4.30. The third-order valence-corrected chi connectivity index (χ3v) is 6.51. The molecule has 0 unspecified atom stereocenters. The second-order valence-corrected chi connectivity index (χ2v) is 9.41. The largest absolute Gasteiger partial charge is 0.497 e. The number of nitrogens with zero attached hydrogens (tertiary/aromatic N) is 1. The van der Waals surface area contributed by atoms with Crippen LogP contribution in [0.25, 0.3) is 0 Å². The molecular weight excluding hydrogens is 428 g/mol. The summed E-state index contributed by atoms with van der Waals surface area (Å²) in [6.07, 6.45) is 5.48.